The monoisotopic (exact) mass is 251 g/mol. The molecule has 0 spiro atoms. The molecule has 0 atom stereocenters. The topological polar surface area (TPSA) is 66.4 Å². The quantitative estimate of drug-likeness (QED) is 0.582. The fraction of sp³-hybridized carbons (Fsp3) is 0.571. The number of rotatable bonds is 5. The van der Waals surface area contributed by atoms with E-state index in [0.717, 1.165) is 32.1 Å². The second kappa shape index (κ2) is 6.99. The Kier molecular flexibility index (Phi) is 5.62. The standard InChI is InChI=1S/C14H21NO3/c1-2-3-5-8-12(16)15-14(11-13(17)18)9-6-4-7-10-14/h2-3,5,8H,4,6-7,9-11H2,1H3,(H,15,16)(H,17,18). The SMILES string of the molecule is CC=CC=CC(=O)NC1(CC(=O)O)CCCCC1. The van der Waals surface area contributed by atoms with Crippen molar-refractivity contribution in [3.63, 3.8) is 0 Å². The molecule has 4 nitrogen and oxygen atoms in total. The summed E-state index contributed by atoms with van der Waals surface area (Å²) in [6.45, 7) is 1.87. The van der Waals surface area contributed by atoms with Crippen LogP contribution >= 0.6 is 0 Å². The number of carboxylic acids is 1. The molecule has 0 heterocycles. The molecule has 2 N–H and O–H groups in total. The van der Waals surface area contributed by atoms with E-state index < -0.39 is 11.5 Å². The summed E-state index contributed by atoms with van der Waals surface area (Å²) in [7, 11) is 0. The zero-order valence-electron chi connectivity index (χ0n) is 10.8. The van der Waals surface area contributed by atoms with Gasteiger partial charge in [0.15, 0.2) is 0 Å². The fourth-order valence-electron chi connectivity index (χ4n) is 2.42. The molecule has 1 fully saturated rings. The Hall–Kier alpha value is -1.58. The number of carbonyl (C=O) groups excluding carboxylic acids is 1. The van der Waals surface area contributed by atoms with Crippen LogP contribution in [0.1, 0.15) is 45.4 Å². The number of nitrogens with one attached hydrogen (secondary N) is 1. The van der Waals surface area contributed by atoms with Crippen molar-refractivity contribution in [1.82, 2.24) is 5.32 Å². The summed E-state index contributed by atoms with van der Waals surface area (Å²) in [5, 5.41) is 11.9. The van der Waals surface area contributed by atoms with Gasteiger partial charge in [0, 0.05) is 6.08 Å². The van der Waals surface area contributed by atoms with Crippen molar-refractivity contribution < 1.29 is 14.7 Å². The van der Waals surface area contributed by atoms with Crippen LogP contribution in [0.15, 0.2) is 24.3 Å². The number of hydrogen-bond acceptors (Lipinski definition) is 2. The molecule has 0 aliphatic heterocycles. The minimum absolute atomic E-state index is 0.0101. The van der Waals surface area contributed by atoms with Crippen molar-refractivity contribution in [1.29, 1.82) is 0 Å². The first-order chi connectivity index (χ1) is 8.58. The van der Waals surface area contributed by atoms with Crippen molar-refractivity contribution in [3.05, 3.63) is 24.3 Å². The molecular formula is C14H21NO3. The van der Waals surface area contributed by atoms with Gasteiger partial charge in [0.1, 0.15) is 0 Å². The minimum atomic E-state index is -0.852. The first kappa shape index (κ1) is 14.5. The van der Waals surface area contributed by atoms with Crippen LogP contribution in [-0.2, 0) is 9.59 Å². The van der Waals surface area contributed by atoms with Crippen molar-refractivity contribution in [2.45, 2.75) is 51.0 Å². The summed E-state index contributed by atoms with van der Waals surface area (Å²) >= 11 is 0. The summed E-state index contributed by atoms with van der Waals surface area (Å²) in [6, 6.07) is 0. The maximum Gasteiger partial charge on any atom is 0.305 e. The van der Waals surface area contributed by atoms with Crippen LogP contribution in [0, 0.1) is 0 Å². The predicted octanol–water partition coefficient (Wildman–Crippen LogP) is 2.41. The van der Waals surface area contributed by atoms with Crippen LogP contribution in [-0.4, -0.2) is 22.5 Å². The Bertz CT molecular complexity index is 352. The molecule has 1 aliphatic rings. The lowest BCUT2D eigenvalue weighted by molar-refractivity contribution is -0.139. The van der Waals surface area contributed by atoms with Gasteiger partial charge in [0.2, 0.25) is 5.91 Å². The lowest BCUT2D eigenvalue weighted by Gasteiger charge is -2.36. The molecule has 0 radical (unpaired) electrons. The zero-order chi connectivity index (χ0) is 13.4. The second-order valence-electron chi connectivity index (χ2n) is 4.79. The highest BCUT2D eigenvalue weighted by atomic mass is 16.4. The van der Waals surface area contributed by atoms with Gasteiger partial charge in [0.25, 0.3) is 0 Å². The molecule has 0 aromatic heterocycles. The third-order valence-electron chi connectivity index (χ3n) is 3.24. The zero-order valence-corrected chi connectivity index (χ0v) is 10.8. The molecule has 0 aromatic rings. The van der Waals surface area contributed by atoms with Gasteiger partial charge in [0.05, 0.1) is 12.0 Å². The number of hydrogen-bond donors (Lipinski definition) is 2. The Morgan fingerprint density at radius 3 is 2.44 bits per heavy atom. The number of amides is 1. The highest BCUT2D eigenvalue weighted by Crippen LogP contribution is 2.31. The molecule has 0 saturated heterocycles. The lowest BCUT2D eigenvalue weighted by Crippen LogP contribution is -2.50. The average molecular weight is 251 g/mol. The van der Waals surface area contributed by atoms with Gasteiger partial charge in [-0.15, -0.1) is 0 Å². The minimum Gasteiger partial charge on any atom is -0.481 e. The molecule has 1 saturated carbocycles. The van der Waals surface area contributed by atoms with Crippen molar-refractivity contribution in [3.8, 4) is 0 Å². The van der Waals surface area contributed by atoms with Crippen LogP contribution in [0.2, 0.25) is 0 Å². The number of carboxylic acid groups (broad SMARTS) is 1. The van der Waals surface area contributed by atoms with E-state index in [1.165, 1.54) is 6.08 Å². The van der Waals surface area contributed by atoms with Gasteiger partial charge in [-0.05, 0) is 19.8 Å². The van der Waals surface area contributed by atoms with Gasteiger partial charge < -0.3 is 10.4 Å². The van der Waals surface area contributed by atoms with Crippen molar-refractivity contribution in [2.24, 2.45) is 0 Å². The molecule has 0 bridgehead atoms. The highest BCUT2D eigenvalue weighted by Gasteiger charge is 2.35. The summed E-state index contributed by atoms with van der Waals surface area (Å²) in [5.41, 5.74) is -0.554. The Balaban J connectivity index is 2.66. The highest BCUT2D eigenvalue weighted by molar-refractivity contribution is 5.88. The van der Waals surface area contributed by atoms with E-state index >= 15 is 0 Å². The van der Waals surface area contributed by atoms with E-state index in [0.29, 0.717) is 0 Å². The normalized spacial score (nSPS) is 19.2. The Labute approximate surface area is 108 Å². The van der Waals surface area contributed by atoms with Gasteiger partial charge in [-0.25, -0.2) is 0 Å². The van der Waals surface area contributed by atoms with Gasteiger partial charge in [-0.3, -0.25) is 9.59 Å². The summed E-state index contributed by atoms with van der Waals surface area (Å²) in [4.78, 5) is 22.7. The van der Waals surface area contributed by atoms with E-state index in [-0.39, 0.29) is 12.3 Å². The van der Waals surface area contributed by atoms with E-state index in [1.54, 1.807) is 12.2 Å². The lowest BCUT2D eigenvalue weighted by atomic mass is 9.79. The summed E-state index contributed by atoms with van der Waals surface area (Å²) < 4.78 is 0. The first-order valence-electron chi connectivity index (χ1n) is 6.41. The molecule has 1 amide bonds. The van der Waals surface area contributed by atoms with Crippen LogP contribution in [0.4, 0.5) is 0 Å². The van der Waals surface area contributed by atoms with E-state index in [1.807, 2.05) is 13.0 Å². The average Bonchev–Trinajstić information content (AvgIpc) is 2.29. The molecule has 0 unspecified atom stereocenters. The molecule has 18 heavy (non-hydrogen) atoms. The van der Waals surface area contributed by atoms with Crippen LogP contribution in [0.5, 0.6) is 0 Å². The van der Waals surface area contributed by atoms with E-state index in [4.69, 9.17) is 5.11 Å². The van der Waals surface area contributed by atoms with Crippen LogP contribution in [0.25, 0.3) is 0 Å². The van der Waals surface area contributed by atoms with Crippen LogP contribution < -0.4 is 5.32 Å². The summed E-state index contributed by atoms with van der Waals surface area (Å²) in [6.07, 6.45) is 11.3. The van der Waals surface area contributed by atoms with Gasteiger partial charge in [-0.1, -0.05) is 37.5 Å². The molecule has 0 aromatic carbocycles. The Morgan fingerprint density at radius 1 is 1.22 bits per heavy atom. The molecule has 4 heteroatoms. The first-order valence-corrected chi connectivity index (χ1v) is 6.41. The second-order valence-corrected chi connectivity index (χ2v) is 4.79. The molecule has 1 aliphatic carbocycles. The summed E-state index contributed by atoms with van der Waals surface area (Å²) in [5.74, 6) is -1.06. The number of allylic oxidation sites excluding steroid dienone is 3. The maximum atomic E-state index is 11.7. The van der Waals surface area contributed by atoms with E-state index in [2.05, 4.69) is 5.32 Å². The largest absolute Gasteiger partial charge is 0.481 e. The van der Waals surface area contributed by atoms with E-state index in [9.17, 15) is 9.59 Å². The number of aliphatic carboxylic acids is 1. The third kappa shape index (κ3) is 4.73. The molecule has 1 rings (SSSR count). The Morgan fingerprint density at radius 2 is 1.89 bits per heavy atom. The van der Waals surface area contributed by atoms with Crippen LogP contribution in [0.3, 0.4) is 0 Å². The molecule has 100 valence electrons. The van der Waals surface area contributed by atoms with Gasteiger partial charge in [-0.2, -0.15) is 0 Å². The van der Waals surface area contributed by atoms with Crippen molar-refractivity contribution in [2.75, 3.05) is 0 Å². The third-order valence-corrected chi connectivity index (χ3v) is 3.24. The maximum absolute atomic E-state index is 11.7. The number of carbonyl (C=O) groups is 2. The van der Waals surface area contributed by atoms with Crippen molar-refractivity contribution >= 4 is 11.9 Å². The van der Waals surface area contributed by atoms with Gasteiger partial charge >= 0.3 is 5.97 Å². The fourth-order valence-corrected chi connectivity index (χ4v) is 2.42. The molecular weight excluding hydrogens is 230 g/mol. The smallest absolute Gasteiger partial charge is 0.305 e. The predicted molar refractivity (Wildman–Crippen MR) is 70.2 cm³/mol.